The van der Waals surface area contributed by atoms with Gasteiger partial charge in [-0.05, 0) is 37.6 Å². The molecule has 1 aromatic heterocycles. The second-order valence-corrected chi connectivity index (χ2v) is 6.59. The fraction of sp³-hybridized carbons (Fsp3) is 0.389. The van der Waals surface area contributed by atoms with Crippen LogP contribution in [0.25, 0.3) is 0 Å². The van der Waals surface area contributed by atoms with Crippen molar-refractivity contribution in [2.45, 2.75) is 31.5 Å². The van der Waals surface area contributed by atoms with E-state index in [-0.39, 0.29) is 29.9 Å². The highest BCUT2D eigenvalue weighted by molar-refractivity contribution is 5.95. The van der Waals surface area contributed by atoms with Gasteiger partial charge in [0.25, 0.3) is 11.8 Å². The summed E-state index contributed by atoms with van der Waals surface area (Å²) in [5.74, 6) is -2.34. The van der Waals surface area contributed by atoms with Crippen LogP contribution in [0.3, 0.4) is 0 Å². The van der Waals surface area contributed by atoms with E-state index < -0.39 is 23.6 Å². The molecule has 0 spiro atoms. The lowest BCUT2D eigenvalue weighted by Crippen LogP contribution is -2.37. The summed E-state index contributed by atoms with van der Waals surface area (Å²) in [4.78, 5) is 22.3. The number of rotatable bonds is 4. The Kier molecular flexibility index (Phi) is 5.52. The number of aromatic hydroxyl groups is 2. The van der Waals surface area contributed by atoms with Crippen molar-refractivity contribution < 1.29 is 24.5 Å². The lowest BCUT2D eigenvalue weighted by molar-refractivity contribution is 0.0515. The Balaban J connectivity index is 1.80. The minimum atomic E-state index is -0.714. The van der Waals surface area contributed by atoms with Gasteiger partial charge in [-0.25, -0.2) is 9.37 Å². The molecule has 27 heavy (non-hydrogen) atoms. The van der Waals surface area contributed by atoms with E-state index in [0.29, 0.717) is 24.9 Å². The van der Waals surface area contributed by atoms with Crippen LogP contribution in [0.15, 0.2) is 24.3 Å². The number of piperidine rings is 1. The third-order valence-corrected chi connectivity index (χ3v) is 4.60. The Bertz CT molecular complexity index is 831. The molecular weight excluding hydrogens is 355 g/mol. The zero-order valence-electron chi connectivity index (χ0n) is 14.8. The van der Waals surface area contributed by atoms with Crippen molar-refractivity contribution in [3.8, 4) is 11.6 Å². The summed E-state index contributed by atoms with van der Waals surface area (Å²) in [6.07, 6.45) is 0.445. The highest BCUT2D eigenvalue weighted by Gasteiger charge is 2.30. The van der Waals surface area contributed by atoms with Gasteiger partial charge in [-0.1, -0.05) is 12.1 Å². The lowest BCUT2D eigenvalue weighted by Gasteiger charge is -2.34. The average molecular weight is 376 g/mol. The molecule has 1 fully saturated rings. The number of halogens is 1. The summed E-state index contributed by atoms with van der Waals surface area (Å²) >= 11 is 0. The number of benzene rings is 1. The van der Waals surface area contributed by atoms with Gasteiger partial charge in [-0.15, -0.1) is 0 Å². The number of carbonyl (C=O) groups is 1. The topological polar surface area (TPSA) is 119 Å². The first-order valence-corrected chi connectivity index (χ1v) is 8.56. The van der Waals surface area contributed by atoms with E-state index in [9.17, 15) is 24.5 Å². The van der Waals surface area contributed by atoms with Crippen LogP contribution in [-0.4, -0.2) is 55.8 Å². The number of carbonyl (C=O) groups excluding carboxylic acids is 1. The molecule has 144 valence electrons. The molecule has 9 heteroatoms. The van der Waals surface area contributed by atoms with E-state index in [1.807, 2.05) is 11.9 Å². The molecule has 0 saturated carbocycles. The average Bonchev–Trinajstić information content (AvgIpc) is 2.65. The van der Waals surface area contributed by atoms with Crippen LogP contribution in [0, 0.1) is 5.82 Å². The van der Waals surface area contributed by atoms with E-state index in [0.717, 1.165) is 0 Å². The predicted molar refractivity (Wildman–Crippen MR) is 93.5 cm³/mol. The van der Waals surface area contributed by atoms with E-state index in [1.54, 1.807) is 0 Å². The van der Waals surface area contributed by atoms with Gasteiger partial charge in [0.05, 0.1) is 12.1 Å². The minimum absolute atomic E-state index is 0.0979. The Morgan fingerprint density at radius 3 is 2.70 bits per heavy atom. The molecule has 3 rings (SSSR count). The molecule has 1 saturated heterocycles. The Labute approximate surface area is 155 Å². The van der Waals surface area contributed by atoms with Crippen molar-refractivity contribution in [1.82, 2.24) is 20.2 Å². The molecule has 2 heterocycles. The summed E-state index contributed by atoms with van der Waals surface area (Å²) in [5.41, 5.74) is 0.311. The van der Waals surface area contributed by atoms with Gasteiger partial charge in [0, 0.05) is 13.1 Å². The molecular formula is C18H21FN4O4. The van der Waals surface area contributed by atoms with Gasteiger partial charge in [-0.3, -0.25) is 9.69 Å². The van der Waals surface area contributed by atoms with E-state index in [2.05, 4.69) is 15.3 Å². The number of aliphatic hydroxyl groups is 1. The molecule has 4 N–H and O–H groups in total. The third kappa shape index (κ3) is 4.32. The lowest BCUT2D eigenvalue weighted by atomic mass is 9.99. The fourth-order valence-corrected chi connectivity index (χ4v) is 3.00. The number of nitrogens with zero attached hydrogens (tertiary/aromatic N) is 3. The number of hydrogen-bond donors (Lipinski definition) is 4. The maximum atomic E-state index is 12.9. The fourth-order valence-electron chi connectivity index (χ4n) is 3.00. The predicted octanol–water partition coefficient (Wildman–Crippen LogP) is 1.08. The highest BCUT2D eigenvalue weighted by Crippen LogP contribution is 2.32. The van der Waals surface area contributed by atoms with Crippen LogP contribution in [0.2, 0.25) is 0 Å². The van der Waals surface area contributed by atoms with Crippen LogP contribution in [-0.2, 0) is 6.54 Å². The summed E-state index contributed by atoms with van der Waals surface area (Å²) in [5, 5.41) is 32.4. The van der Waals surface area contributed by atoms with Crippen LogP contribution in [0.1, 0.15) is 40.8 Å². The first-order valence-electron chi connectivity index (χ1n) is 8.56. The van der Waals surface area contributed by atoms with Crippen LogP contribution in [0.5, 0.6) is 11.6 Å². The Morgan fingerprint density at radius 2 is 2.00 bits per heavy atom. The SMILES string of the molecule is CN1CC[C@@H](O)C[C@H]1c1nc(O)c(O)c(C(=O)NCc2ccc(F)cc2)n1. The molecule has 1 aliphatic heterocycles. The van der Waals surface area contributed by atoms with Gasteiger partial charge >= 0.3 is 0 Å². The zero-order chi connectivity index (χ0) is 19.6. The maximum absolute atomic E-state index is 12.9. The van der Waals surface area contributed by atoms with E-state index >= 15 is 0 Å². The number of amides is 1. The summed E-state index contributed by atoms with van der Waals surface area (Å²) in [7, 11) is 1.83. The molecule has 8 nitrogen and oxygen atoms in total. The van der Waals surface area contributed by atoms with Gasteiger partial charge in [0.15, 0.2) is 11.5 Å². The normalized spacial score (nSPS) is 20.4. The largest absolute Gasteiger partial charge is 0.501 e. The second kappa shape index (κ2) is 7.85. The van der Waals surface area contributed by atoms with Crippen LogP contribution in [0.4, 0.5) is 4.39 Å². The summed E-state index contributed by atoms with van der Waals surface area (Å²) in [6.45, 7) is 0.712. The molecule has 1 aliphatic rings. The number of hydrogen-bond acceptors (Lipinski definition) is 7. The number of nitrogens with one attached hydrogen (secondary N) is 1. The molecule has 1 aromatic carbocycles. The molecule has 0 radical (unpaired) electrons. The molecule has 0 bridgehead atoms. The van der Waals surface area contributed by atoms with Crippen molar-refractivity contribution in [1.29, 1.82) is 0 Å². The molecule has 2 atom stereocenters. The smallest absolute Gasteiger partial charge is 0.274 e. The van der Waals surface area contributed by atoms with Gasteiger partial charge in [0.2, 0.25) is 5.75 Å². The zero-order valence-corrected chi connectivity index (χ0v) is 14.8. The van der Waals surface area contributed by atoms with Crippen molar-refractivity contribution in [2.24, 2.45) is 0 Å². The molecule has 1 amide bonds. The van der Waals surface area contributed by atoms with Crippen molar-refractivity contribution in [2.75, 3.05) is 13.6 Å². The maximum Gasteiger partial charge on any atom is 0.274 e. The second-order valence-electron chi connectivity index (χ2n) is 6.59. The Morgan fingerprint density at radius 1 is 1.30 bits per heavy atom. The standard InChI is InChI=1S/C18H21FN4O4/c1-23-7-6-12(24)8-13(23)16-21-14(15(25)18(27)22-16)17(26)20-9-10-2-4-11(19)5-3-10/h2-5,12-13,24-25H,6-9H2,1H3,(H,20,26)(H,21,22,27)/t12-,13+/m1/s1. The quantitative estimate of drug-likeness (QED) is 0.631. The van der Waals surface area contributed by atoms with E-state index in [1.165, 1.54) is 24.3 Å². The number of likely N-dealkylation sites (tertiary alicyclic amines) is 1. The molecule has 0 unspecified atom stereocenters. The van der Waals surface area contributed by atoms with Crippen molar-refractivity contribution in [3.05, 3.63) is 47.2 Å². The third-order valence-electron chi connectivity index (χ3n) is 4.60. The van der Waals surface area contributed by atoms with Gasteiger partial charge < -0.3 is 20.6 Å². The summed E-state index contributed by atoms with van der Waals surface area (Å²) < 4.78 is 12.9. The van der Waals surface area contributed by atoms with Crippen molar-refractivity contribution >= 4 is 5.91 Å². The van der Waals surface area contributed by atoms with Gasteiger partial charge in [0.1, 0.15) is 5.82 Å². The first-order chi connectivity index (χ1) is 12.8. The summed E-state index contributed by atoms with van der Waals surface area (Å²) in [6, 6.07) is 5.21. The monoisotopic (exact) mass is 376 g/mol. The van der Waals surface area contributed by atoms with E-state index in [4.69, 9.17) is 0 Å². The Hall–Kier alpha value is -2.78. The first kappa shape index (κ1) is 19.0. The number of aliphatic hydroxyl groups excluding tert-OH is 1. The number of aromatic nitrogens is 2. The van der Waals surface area contributed by atoms with Crippen LogP contribution < -0.4 is 5.32 Å². The highest BCUT2D eigenvalue weighted by atomic mass is 19.1. The van der Waals surface area contributed by atoms with Crippen molar-refractivity contribution in [3.63, 3.8) is 0 Å². The minimum Gasteiger partial charge on any atom is -0.501 e. The molecule has 2 aromatic rings. The molecule has 0 aliphatic carbocycles. The van der Waals surface area contributed by atoms with Gasteiger partial charge in [-0.2, -0.15) is 4.98 Å². The van der Waals surface area contributed by atoms with Crippen LogP contribution >= 0.6 is 0 Å².